The highest BCUT2D eigenvalue weighted by Crippen LogP contribution is 2.43. The van der Waals surface area contributed by atoms with Gasteiger partial charge in [0.05, 0.1) is 0 Å². The van der Waals surface area contributed by atoms with Gasteiger partial charge in [-0.15, -0.1) is 0 Å². The van der Waals surface area contributed by atoms with Gasteiger partial charge in [0.1, 0.15) is 0 Å². The van der Waals surface area contributed by atoms with Crippen LogP contribution in [0.4, 0.5) is 0 Å². The second-order valence-electron chi connectivity index (χ2n) is 4.30. The van der Waals surface area contributed by atoms with Crippen LogP contribution in [0, 0.1) is 23.7 Å². The Bertz CT molecular complexity index is 168. The molecule has 1 aliphatic rings. The maximum atomic E-state index is 4.17. The number of rotatable bonds is 0. The van der Waals surface area contributed by atoms with Crippen LogP contribution in [0.5, 0.6) is 0 Å². The van der Waals surface area contributed by atoms with E-state index < -0.39 is 0 Å². The van der Waals surface area contributed by atoms with Crippen LogP contribution in [0.15, 0.2) is 24.3 Å². The lowest BCUT2D eigenvalue weighted by Crippen LogP contribution is -2.30. The van der Waals surface area contributed by atoms with Crippen LogP contribution in [0.2, 0.25) is 0 Å². The summed E-state index contributed by atoms with van der Waals surface area (Å²) in [4.78, 5) is 0. The highest BCUT2D eigenvalue weighted by Gasteiger charge is 2.33. The zero-order chi connectivity index (χ0) is 9.46. The molecule has 0 bridgehead atoms. The van der Waals surface area contributed by atoms with Crippen molar-refractivity contribution in [1.29, 1.82) is 0 Å². The van der Waals surface area contributed by atoms with Crippen molar-refractivity contribution in [2.24, 2.45) is 23.7 Å². The molecule has 0 spiro atoms. The largest absolute Gasteiger partial charge is 0.0993 e. The first-order valence-electron chi connectivity index (χ1n) is 4.84. The fourth-order valence-electron chi connectivity index (χ4n) is 2.11. The molecule has 0 N–H and O–H groups in total. The number of allylic oxidation sites excluding steroid dienone is 2. The van der Waals surface area contributed by atoms with E-state index in [1.165, 1.54) is 11.1 Å². The van der Waals surface area contributed by atoms with E-state index in [0.717, 1.165) is 0 Å². The average molecular weight is 164 g/mol. The van der Waals surface area contributed by atoms with Crippen molar-refractivity contribution in [3.05, 3.63) is 24.3 Å². The van der Waals surface area contributed by atoms with Gasteiger partial charge in [-0.2, -0.15) is 0 Å². The molecule has 1 rings (SSSR count). The van der Waals surface area contributed by atoms with Gasteiger partial charge in [0.25, 0.3) is 0 Å². The molecule has 12 heavy (non-hydrogen) atoms. The minimum Gasteiger partial charge on any atom is -0.0993 e. The van der Waals surface area contributed by atoms with Crippen LogP contribution >= 0.6 is 0 Å². The molecule has 0 aliphatic heterocycles. The molecular formula is C12H20. The van der Waals surface area contributed by atoms with Gasteiger partial charge in [-0.1, -0.05) is 52.0 Å². The molecule has 0 aromatic carbocycles. The monoisotopic (exact) mass is 164 g/mol. The van der Waals surface area contributed by atoms with Crippen molar-refractivity contribution in [1.82, 2.24) is 0 Å². The Kier molecular flexibility index (Phi) is 2.46. The molecular weight excluding hydrogens is 144 g/mol. The third-order valence-corrected chi connectivity index (χ3v) is 3.84. The van der Waals surface area contributed by atoms with Gasteiger partial charge in [-0.3, -0.25) is 0 Å². The summed E-state index contributed by atoms with van der Waals surface area (Å²) in [6, 6.07) is 0. The molecule has 0 radical (unpaired) electrons. The quantitative estimate of drug-likeness (QED) is 0.479. The lowest BCUT2D eigenvalue weighted by Gasteiger charge is -2.39. The van der Waals surface area contributed by atoms with Gasteiger partial charge in [0.2, 0.25) is 0 Å². The van der Waals surface area contributed by atoms with E-state index in [0.29, 0.717) is 23.7 Å². The number of hydrogen-bond acceptors (Lipinski definition) is 0. The minimum atomic E-state index is 0.615. The Hall–Kier alpha value is -0.520. The molecule has 1 saturated carbocycles. The average Bonchev–Trinajstić information content (AvgIpc) is 2.08. The van der Waals surface area contributed by atoms with Crippen LogP contribution in [-0.2, 0) is 0 Å². The Morgan fingerprint density at radius 1 is 0.667 bits per heavy atom. The Morgan fingerprint density at radius 2 is 0.833 bits per heavy atom. The highest BCUT2D eigenvalue weighted by atomic mass is 14.4. The van der Waals surface area contributed by atoms with E-state index in [-0.39, 0.29) is 0 Å². The normalized spacial score (nSPS) is 43.3. The van der Waals surface area contributed by atoms with Gasteiger partial charge in [-0.25, -0.2) is 0 Å². The summed E-state index contributed by atoms with van der Waals surface area (Å²) in [5.74, 6) is 2.46. The van der Waals surface area contributed by atoms with Crippen molar-refractivity contribution in [3.63, 3.8) is 0 Å². The molecule has 0 saturated heterocycles. The van der Waals surface area contributed by atoms with E-state index in [1.807, 2.05) is 0 Å². The third-order valence-electron chi connectivity index (χ3n) is 3.84. The lowest BCUT2D eigenvalue weighted by atomic mass is 9.66. The molecule has 1 fully saturated rings. The predicted octanol–water partition coefficient (Wildman–Crippen LogP) is 3.66. The van der Waals surface area contributed by atoms with E-state index >= 15 is 0 Å². The summed E-state index contributed by atoms with van der Waals surface area (Å²) in [5, 5.41) is 0. The first-order chi connectivity index (χ1) is 5.46. The first-order valence-corrected chi connectivity index (χ1v) is 4.84. The van der Waals surface area contributed by atoms with Crippen LogP contribution in [0.25, 0.3) is 0 Å². The summed E-state index contributed by atoms with van der Waals surface area (Å²) in [5.41, 5.74) is 2.81. The van der Waals surface area contributed by atoms with Crippen molar-refractivity contribution in [3.8, 4) is 0 Å². The highest BCUT2D eigenvalue weighted by molar-refractivity contribution is 5.22. The molecule has 0 heteroatoms. The molecule has 0 amide bonds. The van der Waals surface area contributed by atoms with Crippen molar-refractivity contribution in [2.75, 3.05) is 0 Å². The summed E-state index contributed by atoms with van der Waals surface area (Å²) in [7, 11) is 0. The van der Waals surface area contributed by atoms with E-state index in [1.54, 1.807) is 0 Å². The van der Waals surface area contributed by atoms with Crippen molar-refractivity contribution < 1.29 is 0 Å². The number of hydrogen-bond donors (Lipinski definition) is 0. The summed E-state index contributed by atoms with van der Waals surface area (Å²) >= 11 is 0. The van der Waals surface area contributed by atoms with Gasteiger partial charge in [-0.05, 0) is 23.7 Å². The fourth-order valence-corrected chi connectivity index (χ4v) is 2.11. The maximum absolute atomic E-state index is 4.17. The predicted molar refractivity (Wildman–Crippen MR) is 54.9 cm³/mol. The molecule has 68 valence electrons. The Morgan fingerprint density at radius 3 is 1.00 bits per heavy atom. The van der Waals surface area contributed by atoms with E-state index in [4.69, 9.17) is 0 Å². The van der Waals surface area contributed by atoms with E-state index in [2.05, 4.69) is 40.9 Å². The second-order valence-corrected chi connectivity index (χ2v) is 4.30. The van der Waals surface area contributed by atoms with Crippen LogP contribution in [0.3, 0.4) is 0 Å². The smallest absolute Gasteiger partial charge is 0.0168 e. The molecule has 4 atom stereocenters. The fraction of sp³-hybridized carbons (Fsp3) is 0.667. The van der Waals surface area contributed by atoms with Crippen LogP contribution < -0.4 is 0 Å². The second kappa shape index (κ2) is 3.08. The summed E-state index contributed by atoms with van der Waals surface area (Å²) < 4.78 is 0. The van der Waals surface area contributed by atoms with Crippen LogP contribution in [0.1, 0.15) is 27.7 Å². The molecule has 1 aliphatic carbocycles. The summed E-state index contributed by atoms with van der Waals surface area (Å²) in [6.07, 6.45) is 0. The van der Waals surface area contributed by atoms with Crippen molar-refractivity contribution >= 4 is 0 Å². The minimum absolute atomic E-state index is 0.615. The van der Waals surface area contributed by atoms with Gasteiger partial charge < -0.3 is 0 Å². The maximum Gasteiger partial charge on any atom is -0.0168 e. The Balaban J connectivity index is 2.91. The lowest BCUT2D eigenvalue weighted by molar-refractivity contribution is 0.319. The summed E-state index contributed by atoms with van der Waals surface area (Å²) in [6.45, 7) is 17.4. The van der Waals surface area contributed by atoms with Crippen molar-refractivity contribution in [2.45, 2.75) is 27.7 Å². The topological polar surface area (TPSA) is 0 Å². The van der Waals surface area contributed by atoms with Gasteiger partial charge in [0.15, 0.2) is 0 Å². The molecule has 0 heterocycles. The third kappa shape index (κ3) is 1.24. The van der Waals surface area contributed by atoms with Gasteiger partial charge >= 0.3 is 0 Å². The molecule has 0 aromatic rings. The molecule has 4 unspecified atom stereocenters. The Labute approximate surface area is 76.4 Å². The molecule has 0 nitrogen and oxygen atoms in total. The SMILES string of the molecule is C=C1C(C)C(C)C(=C)C(C)C1C. The van der Waals surface area contributed by atoms with Crippen LogP contribution in [-0.4, -0.2) is 0 Å². The zero-order valence-corrected chi connectivity index (χ0v) is 8.72. The van der Waals surface area contributed by atoms with E-state index in [9.17, 15) is 0 Å². The first kappa shape index (κ1) is 9.57. The van der Waals surface area contributed by atoms with Gasteiger partial charge in [0, 0.05) is 0 Å². The standard InChI is InChI=1S/C12H20/c1-7-8(2)10(4)12(6)11(5)9(7)3/h8-11H,1,6H2,2-5H3. The zero-order valence-electron chi connectivity index (χ0n) is 8.72. The molecule has 0 aromatic heterocycles.